The van der Waals surface area contributed by atoms with E-state index in [4.69, 9.17) is 0 Å². The minimum Gasteiger partial charge on any atom is -0.0991 e. The lowest BCUT2D eigenvalue weighted by molar-refractivity contribution is 0.874. The van der Waals surface area contributed by atoms with Gasteiger partial charge in [0, 0.05) is 0 Å². The van der Waals surface area contributed by atoms with Crippen molar-refractivity contribution in [1.82, 2.24) is 0 Å². The van der Waals surface area contributed by atoms with Crippen LogP contribution in [0.25, 0.3) is 35.5 Å². The van der Waals surface area contributed by atoms with Crippen LogP contribution in [-0.4, -0.2) is 0 Å². The minimum absolute atomic E-state index is 1.09. The molecule has 0 bridgehead atoms. The van der Waals surface area contributed by atoms with Crippen molar-refractivity contribution >= 4 is 35.5 Å². The number of hydrogen-bond donors (Lipinski definition) is 0. The maximum absolute atomic E-state index is 4.13. The van der Waals surface area contributed by atoms with E-state index in [1.807, 2.05) is 121 Å². The van der Waals surface area contributed by atoms with Gasteiger partial charge in [0.1, 0.15) is 0 Å². The molecule has 1 aliphatic rings. The molecular weight excluding hydrogens is 661 g/mol. The van der Waals surface area contributed by atoms with Gasteiger partial charge in [-0.15, -0.1) is 0 Å². The summed E-state index contributed by atoms with van der Waals surface area (Å²) in [5.41, 5.74) is 17.7. The standard InChI is InChI=1S/C25H30.C18H22.6C2H6/c1-7-13-18(5)19(6)17-25-20(9-3)22(14-8-2)24-16-12-11-15-23(24)21(25)10-4;1-7-9-17(14(5)8-2)18-12-16(13(3)4)11-10-15(18)6;6*1-2/h7,9-11,13,15,17H,1,3-4,8,12,14,16H2,2,5-6H3;7-12H,2-3H2,1,4-6H3;6*1-2H3/b18-13+,19-17+;9-7-,17-14+;;;;;;. The molecule has 0 saturated carbocycles. The van der Waals surface area contributed by atoms with Crippen LogP contribution in [0.1, 0.15) is 188 Å². The number of benzene rings is 2. The van der Waals surface area contributed by atoms with Crippen LogP contribution < -0.4 is 0 Å². The number of rotatable bonds is 11. The van der Waals surface area contributed by atoms with Gasteiger partial charge in [0.25, 0.3) is 0 Å². The summed E-state index contributed by atoms with van der Waals surface area (Å²) in [6.45, 7) is 58.8. The molecular formula is C55H88. The fourth-order valence-corrected chi connectivity index (χ4v) is 5.52. The van der Waals surface area contributed by atoms with E-state index in [1.54, 1.807) is 0 Å². The molecule has 0 saturated heterocycles. The van der Waals surface area contributed by atoms with Crippen molar-refractivity contribution in [3.05, 3.63) is 154 Å². The Morgan fingerprint density at radius 2 is 1.29 bits per heavy atom. The highest BCUT2D eigenvalue weighted by atomic mass is 14.2. The summed E-state index contributed by atoms with van der Waals surface area (Å²) < 4.78 is 0. The third kappa shape index (κ3) is 20.4. The lowest BCUT2D eigenvalue weighted by Gasteiger charge is -2.24. The monoisotopic (exact) mass is 749 g/mol. The van der Waals surface area contributed by atoms with Crippen molar-refractivity contribution in [2.24, 2.45) is 0 Å². The van der Waals surface area contributed by atoms with Gasteiger partial charge in [0.05, 0.1) is 0 Å². The summed E-state index contributed by atoms with van der Waals surface area (Å²) in [6.07, 6.45) is 25.3. The molecule has 0 heteroatoms. The summed E-state index contributed by atoms with van der Waals surface area (Å²) >= 11 is 0. The lowest BCUT2D eigenvalue weighted by Crippen LogP contribution is -2.08. The smallest absolute Gasteiger partial charge is 0.0100 e. The SMILES string of the molecule is C=C/C(C)=C(\C=C/C)c1cc(C(=C)C)ccc1C.C=C/C=C(C)/C(C)=C/c1c(C=C)c2c(c(CCC)c1C=C)CCC=C2.CC.CC.CC.CC.CC.CC. The Hall–Kier alpha value is -4.16. The van der Waals surface area contributed by atoms with Gasteiger partial charge < -0.3 is 0 Å². The number of hydrogen-bond acceptors (Lipinski definition) is 0. The fraction of sp³-hybridized carbons (Fsp3) is 0.418. The Kier molecular flexibility index (Phi) is 43.2. The molecule has 308 valence electrons. The largest absolute Gasteiger partial charge is 0.0991 e. The maximum Gasteiger partial charge on any atom is -0.0100 e. The van der Waals surface area contributed by atoms with Gasteiger partial charge in [-0.2, -0.15) is 0 Å². The minimum atomic E-state index is 1.09. The molecule has 0 aromatic heterocycles. The van der Waals surface area contributed by atoms with Crippen LogP contribution in [-0.2, 0) is 12.8 Å². The van der Waals surface area contributed by atoms with Crippen LogP contribution in [0.4, 0.5) is 0 Å². The quantitative estimate of drug-likeness (QED) is 0.201. The van der Waals surface area contributed by atoms with Crippen molar-refractivity contribution in [2.75, 3.05) is 0 Å². The number of aryl methyl sites for hydroxylation is 1. The highest BCUT2D eigenvalue weighted by Gasteiger charge is 2.20. The zero-order valence-corrected chi connectivity index (χ0v) is 39.9. The topological polar surface area (TPSA) is 0 Å². The number of allylic oxidation sites excluding steroid dienone is 11. The molecule has 0 atom stereocenters. The van der Waals surface area contributed by atoms with E-state index in [9.17, 15) is 0 Å². The summed E-state index contributed by atoms with van der Waals surface area (Å²) in [5.74, 6) is 0. The predicted octanol–water partition coefficient (Wildman–Crippen LogP) is 19.1. The van der Waals surface area contributed by atoms with E-state index in [0.29, 0.717) is 0 Å². The molecule has 2 aromatic carbocycles. The first-order valence-electron chi connectivity index (χ1n) is 21.4. The normalized spacial score (nSPS) is 11.2. The Morgan fingerprint density at radius 3 is 1.73 bits per heavy atom. The van der Waals surface area contributed by atoms with E-state index in [0.717, 1.165) is 31.3 Å². The van der Waals surface area contributed by atoms with Gasteiger partial charge >= 0.3 is 0 Å². The molecule has 0 amide bonds. The highest BCUT2D eigenvalue weighted by Crippen LogP contribution is 2.37. The molecule has 1 aliphatic carbocycles. The van der Waals surface area contributed by atoms with Gasteiger partial charge in [0.15, 0.2) is 0 Å². The maximum atomic E-state index is 4.13. The van der Waals surface area contributed by atoms with Crippen molar-refractivity contribution in [1.29, 1.82) is 0 Å². The van der Waals surface area contributed by atoms with Crippen LogP contribution in [0.3, 0.4) is 0 Å². The van der Waals surface area contributed by atoms with Gasteiger partial charge in [-0.25, -0.2) is 0 Å². The highest BCUT2D eigenvalue weighted by molar-refractivity contribution is 5.85. The van der Waals surface area contributed by atoms with Crippen molar-refractivity contribution in [3.63, 3.8) is 0 Å². The fourth-order valence-electron chi connectivity index (χ4n) is 5.52. The molecule has 0 spiro atoms. The van der Waals surface area contributed by atoms with E-state index < -0.39 is 0 Å². The summed E-state index contributed by atoms with van der Waals surface area (Å²) in [4.78, 5) is 0. The third-order valence-electron chi connectivity index (χ3n) is 8.07. The first kappa shape index (κ1) is 60.1. The predicted molar refractivity (Wildman–Crippen MR) is 267 cm³/mol. The van der Waals surface area contributed by atoms with Gasteiger partial charge in [-0.1, -0.05) is 208 Å². The molecule has 0 unspecified atom stereocenters. The van der Waals surface area contributed by atoms with Gasteiger partial charge in [-0.3, -0.25) is 0 Å². The van der Waals surface area contributed by atoms with Crippen LogP contribution >= 0.6 is 0 Å². The van der Waals surface area contributed by atoms with Gasteiger partial charge in [0.2, 0.25) is 0 Å². The Balaban J connectivity index is -0.000000244. The second kappa shape index (κ2) is 39.5. The molecule has 2 aromatic rings. The third-order valence-corrected chi connectivity index (χ3v) is 8.07. The Labute approximate surface area is 345 Å². The summed E-state index contributed by atoms with van der Waals surface area (Å²) in [5, 5.41) is 0. The van der Waals surface area contributed by atoms with Crippen molar-refractivity contribution < 1.29 is 0 Å². The zero-order chi connectivity index (χ0) is 44.1. The molecule has 0 nitrogen and oxygen atoms in total. The summed E-state index contributed by atoms with van der Waals surface area (Å²) in [6, 6.07) is 6.48. The van der Waals surface area contributed by atoms with Crippen LogP contribution in [0, 0.1) is 6.92 Å². The van der Waals surface area contributed by atoms with E-state index in [2.05, 4.69) is 122 Å². The van der Waals surface area contributed by atoms with Crippen LogP contribution in [0.2, 0.25) is 0 Å². The second-order valence-electron chi connectivity index (χ2n) is 11.2. The van der Waals surface area contributed by atoms with Crippen molar-refractivity contribution in [2.45, 2.75) is 157 Å². The van der Waals surface area contributed by atoms with E-state index in [-0.39, 0.29) is 0 Å². The molecule has 3 rings (SSSR count). The van der Waals surface area contributed by atoms with Gasteiger partial charge in [-0.05, 0) is 139 Å². The molecule has 0 aliphatic heterocycles. The molecule has 55 heavy (non-hydrogen) atoms. The Morgan fingerprint density at radius 1 is 0.745 bits per heavy atom. The molecule has 0 fully saturated rings. The molecule has 0 radical (unpaired) electrons. The lowest BCUT2D eigenvalue weighted by atomic mass is 9.80. The number of fused-ring (bicyclic) bond motifs is 1. The van der Waals surface area contributed by atoms with Crippen LogP contribution in [0.5, 0.6) is 0 Å². The summed E-state index contributed by atoms with van der Waals surface area (Å²) in [7, 11) is 0. The van der Waals surface area contributed by atoms with E-state index in [1.165, 1.54) is 72.4 Å². The molecule has 0 N–H and O–H groups in total. The van der Waals surface area contributed by atoms with Crippen molar-refractivity contribution in [3.8, 4) is 0 Å². The second-order valence-corrected chi connectivity index (χ2v) is 11.2. The zero-order valence-electron chi connectivity index (χ0n) is 39.9. The van der Waals surface area contributed by atoms with Crippen LogP contribution in [0.15, 0.2) is 104 Å². The average molecular weight is 749 g/mol. The molecule has 0 heterocycles. The van der Waals surface area contributed by atoms with E-state index >= 15 is 0 Å². The Bertz CT molecular complexity index is 1530. The first-order valence-corrected chi connectivity index (χ1v) is 21.4. The average Bonchev–Trinajstić information content (AvgIpc) is 3.24. The first-order chi connectivity index (χ1) is 26.6.